The first kappa shape index (κ1) is 22.5. The summed E-state index contributed by atoms with van der Waals surface area (Å²) >= 11 is 6.34. The standard InChI is InChI=1S/C22H25ClN6O2P/c1-29-9-7-14-11-19(31-2)18(10-15(14)13-29)27-22-25-12-16(23)20(28-22)26-17-6-5-8-24-21(17)32(3,4)30/h5-6,10-12H,7,9,13H2,1-4H3,(H2,25,26,27,28). The molecule has 10 heteroatoms. The van der Waals surface area contributed by atoms with E-state index < -0.39 is 7.14 Å². The Kier molecular flexibility index (Phi) is 6.38. The smallest absolute Gasteiger partial charge is 0.229 e. The monoisotopic (exact) mass is 471 g/mol. The van der Waals surface area contributed by atoms with Crippen LogP contribution in [0.5, 0.6) is 5.75 Å². The van der Waals surface area contributed by atoms with Crippen LogP contribution in [0.4, 0.5) is 23.1 Å². The summed E-state index contributed by atoms with van der Waals surface area (Å²) in [7, 11) is 1.12. The average Bonchev–Trinajstić information content (AvgIpc) is 2.75. The normalized spacial score (nSPS) is 14.0. The van der Waals surface area contributed by atoms with Crippen molar-refractivity contribution < 1.29 is 9.30 Å². The van der Waals surface area contributed by atoms with Crippen molar-refractivity contribution in [2.45, 2.75) is 13.0 Å². The third-order valence-corrected chi connectivity index (χ3v) is 6.85. The highest BCUT2D eigenvalue weighted by atomic mass is 35.5. The van der Waals surface area contributed by atoms with Gasteiger partial charge in [0.15, 0.2) is 5.82 Å². The number of halogens is 1. The van der Waals surface area contributed by atoms with Gasteiger partial charge in [0.1, 0.15) is 23.3 Å². The van der Waals surface area contributed by atoms with Crippen molar-refractivity contribution in [3.05, 3.63) is 52.8 Å². The predicted octanol–water partition coefficient (Wildman–Crippen LogP) is 4.06. The molecular formula is C22H25ClN6O2P. The summed E-state index contributed by atoms with van der Waals surface area (Å²) in [4.78, 5) is 15.3. The number of fused-ring (bicyclic) bond motifs is 1. The molecular weight excluding hydrogens is 447 g/mol. The minimum atomic E-state index is -2.63. The van der Waals surface area contributed by atoms with E-state index in [0.29, 0.717) is 27.9 Å². The fourth-order valence-electron chi connectivity index (χ4n) is 3.62. The third kappa shape index (κ3) is 4.88. The van der Waals surface area contributed by atoms with Gasteiger partial charge in [0.2, 0.25) is 5.95 Å². The molecule has 3 heterocycles. The van der Waals surface area contributed by atoms with Crippen LogP contribution in [-0.4, -0.2) is 53.9 Å². The highest BCUT2D eigenvalue weighted by Crippen LogP contribution is 2.38. The van der Waals surface area contributed by atoms with Crippen LogP contribution >= 0.6 is 18.7 Å². The Morgan fingerprint density at radius 2 is 2.03 bits per heavy atom. The number of nitrogens with zero attached hydrogens (tertiary/aromatic N) is 4. The first-order valence-electron chi connectivity index (χ1n) is 10.1. The number of aromatic nitrogens is 3. The molecule has 1 aliphatic heterocycles. The van der Waals surface area contributed by atoms with Crippen LogP contribution in [0.1, 0.15) is 11.1 Å². The molecule has 0 atom stereocenters. The Bertz CT molecular complexity index is 1200. The maximum Gasteiger partial charge on any atom is 0.229 e. The van der Waals surface area contributed by atoms with Gasteiger partial charge < -0.3 is 24.8 Å². The van der Waals surface area contributed by atoms with Crippen molar-refractivity contribution >= 4 is 47.3 Å². The number of hydrogen-bond acceptors (Lipinski definition) is 8. The summed E-state index contributed by atoms with van der Waals surface area (Å²) in [5.41, 5.74) is 4.31. The SMILES string of the molecule is COc1cc2c(cc1Nc1ncc(Cl)c(Nc3cc[c]nc3P(C)(C)=O)n1)CN(C)CC2. The molecule has 2 aromatic heterocycles. The van der Waals surface area contributed by atoms with E-state index in [0.717, 1.165) is 30.9 Å². The van der Waals surface area contributed by atoms with Crippen LogP contribution in [-0.2, 0) is 17.5 Å². The number of rotatable bonds is 6. The van der Waals surface area contributed by atoms with Crippen LogP contribution in [0.25, 0.3) is 0 Å². The summed E-state index contributed by atoms with van der Waals surface area (Å²) < 4.78 is 18.2. The van der Waals surface area contributed by atoms with Crippen LogP contribution in [0.2, 0.25) is 5.02 Å². The fourth-order valence-corrected chi connectivity index (χ4v) is 4.77. The van der Waals surface area contributed by atoms with Crippen molar-refractivity contribution in [2.75, 3.05) is 44.7 Å². The van der Waals surface area contributed by atoms with E-state index in [-0.39, 0.29) is 0 Å². The van der Waals surface area contributed by atoms with Gasteiger partial charge in [-0.1, -0.05) is 11.6 Å². The van der Waals surface area contributed by atoms with Gasteiger partial charge in [-0.3, -0.25) is 0 Å². The zero-order valence-electron chi connectivity index (χ0n) is 18.4. The van der Waals surface area contributed by atoms with Gasteiger partial charge in [-0.2, -0.15) is 4.98 Å². The molecule has 0 unspecified atom stereocenters. The Morgan fingerprint density at radius 3 is 2.78 bits per heavy atom. The fraction of sp³-hybridized carbons (Fsp3) is 0.318. The number of pyridine rings is 1. The first-order chi connectivity index (χ1) is 15.2. The van der Waals surface area contributed by atoms with Crippen LogP contribution in [0, 0.1) is 6.20 Å². The molecule has 1 radical (unpaired) electrons. The highest BCUT2D eigenvalue weighted by molar-refractivity contribution is 7.70. The summed E-state index contributed by atoms with van der Waals surface area (Å²) in [6.07, 6.45) is 5.23. The van der Waals surface area contributed by atoms with Gasteiger partial charge in [0.25, 0.3) is 0 Å². The van der Waals surface area contributed by atoms with E-state index in [4.69, 9.17) is 16.3 Å². The van der Waals surface area contributed by atoms with E-state index in [1.165, 1.54) is 17.3 Å². The first-order valence-corrected chi connectivity index (χ1v) is 13.1. The average molecular weight is 472 g/mol. The molecule has 0 bridgehead atoms. The molecule has 0 amide bonds. The highest BCUT2D eigenvalue weighted by Gasteiger charge is 2.20. The molecule has 0 spiro atoms. The Morgan fingerprint density at radius 1 is 1.22 bits per heavy atom. The van der Waals surface area contributed by atoms with Crippen LogP contribution in [0.3, 0.4) is 0 Å². The summed E-state index contributed by atoms with van der Waals surface area (Å²) in [5.74, 6) is 1.46. The lowest BCUT2D eigenvalue weighted by atomic mass is 9.99. The molecule has 4 rings (SSSR count). The van der Waals surface area contributed by atoms with Gasteiger partial charge >= 0.3 is 0 Å². The number of likely N-dealkylation sites (N-methyl/N-ethyl adjacent to an activating group) is 1. The van der Waals surface area contributed by atoms with Gasteiger partial charge in [-0.25, -0.2) is 9.97 Å². The molecule has 32 heavy (non-hydrogen) atoms. The van der Waals surface area contributed by atoms with Crippen molar-refractivity contribution in [1.29, 1.82) is 0 Å². The van der Waals surface area contributed by atoms with Crippen molar-refractivity contribution in [3.8, 4) is 5.75 Å². The zero-order valence-corrected chi connectivity index (χ0v) is 20.1. The second-order valence-electron chi connectivity index (χ2n) is 8.11. The molecule has 167 valence electrons. The molecule has 0 saturated heterocycles. The Labute approximate surface area is 192 Å². The Hall–Kier alpha value is -2.67. The van der Waals surface area contributed by atoms with Gasteiger partial charge in [0, 0.05) is 13.1 Å². The van der Waals surface area contributed by atoms with Crippen molar-refractivity contribution in [2.24, 2.45) is 0 Å². The lowest BCUT2D eigenvalue weighted by Gasteiger charge is -2.26. The molecule has 2 N–H and O–H groups in total. The summed E-state index contributed by atoms with van der Waals surface area (Å²) in [6.45, 7) is 5.21. The molecule has 0 saturated carbocycles. The number of methoxy groups -OCH3 is 1. The molecule has 1 aromatic carbocycles. The molecule has 0 aliphatic carbocycles. The second-order valence-corrected chi connectivity index (χ2v) is 11.6. The van der Waals surface area contributed by atoms with E-state index in [9.17, 15) is 4.57 Å². The number of nitrogens with one attached hydrogen (secondary N) is 2. The number of anilines is 4. The molecule has 3 aromatic rings. The molecule has 0 fully saturated rings. The van der Waals surface area contributed by atoms with Crippen LogP contribution < -0.4 is 20.8 Å². The maximum absolute atomic E-state index is 12.6. The minimum Gasteiger partial charge on any atom is -0.495 e. The number of benzene rings is 1. The predicted molar refractivity (Wildman–Crippen MR) is 129 cm³/mol. The topological polar surface area (TPSA) is 92.3 Å². The maximum atomic E-state index is 12.6. The summed E-state index contributed by atoms with van der Waals surface area (Å²) in [5, 5.41) is 6.72. The minimum absolute atomic E-state index is 0.329. The second kappa shape index (κ2) is 9.06. The van der Waals surface area contributed by atoms with E-state index in [2.05, 4.69) is 55.9 Å². The number of hydrogen-bond donors (Lipinski definition) is 2. The molecule has 8 nitrogen and oxygen atoms in total. The largest absolute Gasteiger partial charge is 0.495 e. The Balaban J connectivity index is 1.65. The van der Waals surface area contributed by atoms with Gasteiger partial charge in [0.05, 0.1) is 30.9 Å². The van der Waals surface area contributed by atoms with Crippen LogP contribution in [0.15, 0.2) is 30.5 Å². The van der Waals surface area contributed by atoms with E-state index in [1.807, 2.05) is 0 Å². The lowest BCUT2D eigenvalue weighted by molar-refractivity contribution is 0.312. The number of ether oxygens (including phenoxy) is 1. The van der Waals surface area contributed by atoms with Crippen molar-refractivity contribution in [1.82, 2.24) is 19.9 Å². The quantitative estimate of drug-likeness (QED) is 0.520. The molecule has 1 aliphatic rings. The third-order valence-electron chi connectivity index (χ3n) is 5.21. The van der Waals surface area contributed by atoms with Gasteiger partial charge in [-0.15, -0.1) is 0 Å². The van der Waals surface area contributed by atoms with E-state index in [1.54, 1.807) is 32.6 Å². The van der Waals surface area contributed by atoms with Gasteiger partial charge in [-0.05, 0) is 62.2 Å². The van der Waals surface area contributed by atoms with E-state index >= 15 is 0 Å². The van der Waals surface area contributed by atoms with Crippen molar-refractivity contribution in [3.63, 3.8) is 0 Å². The zero-order chi connectivity index (χ0) is 22.9. The lowest BCUT2D eigenvalue weighted by Crippen LogP contribution is -2.26. The summed E-state index contributed by atoms with van der Waals surface area (Å²) in [6, 6.07) is 7.54.